The van der Waals surface area contributed by atoms with Gasteiger partial charge in [-0.2, -0.15) is 12.1 Å². The van der Waals surface area contributed by atoms with Crippen LogP contribution in [0.3, 0.4) is 0 Å². The van der Waals surface area contributed by atoms with Gasteiger partial charge in [-0.1, -0.05) is 12.1 Å². The molecule has 0 saturated heterocycles. The van der Waals surface area contributed by atoms with Crippen LogP contribution in [0, 0.1) is 0 Å². The van der Waals surface area contributed by atoms with Crippen molar-refractivity contribution in [3.05, 3.63) is 72.8 Å². The van der Waals surface area contributed by atoms with Gasteiger partial charge in [0.15, 0.2) is 0 Å². The number of rotatable bonds is 2. The molecule has 0 radical (unpaired) electrons. The van der Waals surface area contributed by atoms with E-state index in [1.54, 1.807) is 0 Å². The first-order valence-electron chi connectivity index (χ1n) is 8.20. The summed E-state index contributed by atoms with van der Waals surface area (Å²) >= 11 is 0. The van der Waals surface area contributed by atoms with Crippen molar-refractivity contribution >= 4 is 48.0 Å². The Morgan fingerprint density at radius 1 is 0.593 bits per heavy atom. The molecule has 4 rings (SSSR count). The van der Waals surface area contributed by atoms with Crippen molar-refractivity contribution in [3.63, 3.8) is 0 Å². The zero-order valence-electron chi connectivity index (χ0n) is 16.1. The Balaban J connectivity index is 0.000000451. The summed E-state index contributed by atoms with van der Waals surface area (Å²) in [6.45, 7) is 9.18. The first-order chi connectivity index (χ1) is 11.5. The molecule has 0 heterocycles. The van der Waals surface area contributed by atoms with Gasteiger partial charge >= 0.3 is 21.7 Å². The second kappa shape index (κ2) is 11.8. The summed E-state index contributed by atoms with van der Waals surface area (Å²) in [5.41, 5.74) is 0. The fourth-order valence-corrected chi connectivity index (χ4v) is 4.37. The van der Waals surface area contributed by atoms with Crippen LogP contribution in [0.1, 0.15) is 0 Å². The summed E-state index contributed by atoms with van der Waals surface area (Å²) < 4.78 is 0. The van der Waals surface area contributed by atoms with E-state index in [1.165, 1.54) is 32.2 Å². The van der Waals surface area contributed by atoms with E-state index in [0.29, 0.717) is 0 Å². The van der Waals surface area contributed by atoms with Crippen LogP contribution in [0.25, 0.3) is 21.5 Å². The summed E-state index contributed by atoms with van der Waals surface area (Å²) in [6, 6.07) is 26.3. The van der Waals surface area contributed by atoms with Crippen molar-refractivity contribution in [1.82, 2.24) is 0 Å². The van der Waals surface area contributed by atoms with Crippen LogP contribution >= 0.6 is 15.8 Å². The SMILES string of the molecule is CP(C)c1cc2ccccc2[cH-]1.CP(C)c1cc2ccccc2[cH-]1.[F-].[F-].[Ti+4]. The van der Waals surface area contributed by atoms with Gasteiger partial charge in [0, 0.05) is 0 Å². The van der Waals surface area contributed by atoms with Crippen molar-refractivity contribution in [2.24, 2.45) is 0 Å². The topological polar surface area (TPSA) is 0 Å². The quantitative estimate of drug-likeness (QED) is 0.233. The van der Waals surface area contributed by atoms with Crippen molar-refractivity contribution in [1.29, 1.82) is 0 Å². The second-order valence-corrected chi connectivity index (χ2v) is 11.1. The molecule has 5 heteroatoms. The summed E-state index contributed by atoms with van der Waals surface area (Å²) in [7, 11) is 0.115. The van der Waals surface area contributed by atoms with E-state index >= 15 is 0 Å². The van der Waals surface area contributed by atoms with E-state index < -0.39 is 0 Å². The molecule has 0 aromatic heterocycles. The predicted octanol–water partition coefficient (Wildman–Crippen LogP) is -0.143. The van der Waals surface area contributed by atoms with Crippen LogP contribution in [-0.4, -0.2) is 26.7 Å². The van der Waals surface area contributed by atoms with E-state index in [0.717, 1.165) is 0 Å². The van der Waals surface area contributed by atoms with Gasteiger partial charge in [-0.05, 0) is 26.7 Å². The van der Waals surface area contributed by atoms with Crippen LogP contribution in [0.5, 0.6) is 0 Å². The smallest absolute Gasteiger partial charge is 1.00 e. The standard InChI is InChI=1S/2C11H12P.2FH.Ti/c2*1-12(2)11-7-9-5-3-4-6-10(9)8-11;;;/h2*3-8H,1-2H3;2*1H;/q2*-1;;;+4/p-2. The van der Waals surface area contributed by atoms with Gasteiger partial charge in [0.05, 0.1) is 0 Å². The molecule has 4 aromatic rings. The molecule has 0 saturated carbocycles. The summed E-state index contributed by atoms with van der Waals surface area (Å²) in [4.78, 5) is 0. The molecule has 0 N–H and O–H groups in total. The molecule has 0 unspecified atom stereocenters. The molecule has 0 aliphatic heterocycles. The van der Waals surface area contributed by atoms with E-state index in [2.05, 4.69) is 99.5 Å². The number of hydrogen-bond donors (Lipinski definition) is 0. The third kappa shape index (κ3) is 6.58. The minimum Gasteiger partial charge on any atom is -1.00 e. The molecule has 0 spiro atoms. The minimum absolute atomic E-state index is 0. The number of halogens is 2. The van der Waals surface area contributed by atoms with E-state index in [-0.39, 0.29) is 47.0 Å². The largest absolute Gasteiger partial charge is 4.00 e. The van der Waals surface area contributed by atoms with Gasteiger partial charge in [0.25, 0.3) is 0 Å². The van der Waals surface area contributed by atoms with Gasteiger partial charge in [-0.25, -0.2) is 0 Å². The van der Waals surface area contributed by atoms with Crippen molar-refractivity contribution in [3.8, 4) is 0 Å². The van der Waals surface area contributed by atoms with E-state index in [1.807, 2.05) is 0 Å². The van der Waals surface area contributed by atoms with E-state index in [9.17, 15) is 0 Å². The zero-order chi connectivity index (χ0) is 17.1. The Morgan fingerprint density at radius 2 is 0.926 bits per heavy atom. The Kier molecular flexibility index (Phi) is 11.4. The molecule has 0 aliphatic rings. The molecule has 0 bridgehead atoms. The molecule has 27 heavy (non-hydrogen) atoms. The predicted molar refractivity (Wildman–Crippen MR) is 116 cm³/mol. The normalized spacial score (nSPS) is 10.0. The average Bonchev–Trinajstić information content (AvgIpc) is 3.19. The average molecular weight is 436 g/mol. The fourth-order valence-electron chi connectivity index (χ4n) is 2.78. The van der Waals surface area contributed by atoms with Crippen molar-refractivity contribution < 1.29 is 31.1 Å². The van der Waals surface area contributed by atoms with Crippen LogP contribution in [0.4, 0.5) is 0 Å². The molecule has 0 atom stereocenters. The van der Waals surface area contributed by atoms with E-state index in [4.69, 9.17) is 0 Å². The zero-order valence-corrected chi connectivity index (χ0v) is 19.4. The third-order valence-electron chi connectivity index (χ3n) is 4.24. The fraction of sp³-hybridized carbons (Fsp3) is 0.182. The molecule has 0 aliphatic carbocycles. The van der Waals surface area contributed by atoms with Crippen LogP contribution < -0.4 is 20.0 Å². The Labute approximate surface area is 178 Å². The van der Waals surface area contributed by atoms with Gasteiger partial charge in [0.1, 0.15) is 0 Å². The molecular formula is C22H24F2P2Ti. The van der Waals surface area contributed by atoms with Gasteiger partial charge < -0.3 is 9.41 Å². The van der Waals surface area contributed by atoms with Crippen LogP contribution in [0.2, 0.25) is 0 Å². The molecular weight excluding hydrogens is 412 g/mol. The van der Waals surface area contributed by atoms with Crippen molar-refractivity contribution in [2.75, 3.05) is 26.7 Å². The molecule has 140 valence electrons. The van der Waals surface area contributed by atoms with Gasteiger partial charge in [0.2, 0.25) is 0 Å². The second-order valence-electron chi connectivity index (χ2n) is 6.47. The Morgan fingerprint density at radius 3 is 1.22 bits per heavy atom. The summed E-state index contributed by atoms with van der Waals surface area (Å²) in [5, 5.41) is 8.53. The number of fused-ring (bicyclic) bond motifs is 2. The molecule has 0 fully saturated rings. The van der Waals surface area contributed by atoms with Crippen molar-refractivity contribution in [2.45, 2.75) is 0 Å². The number of hydrogen-bond acceptors (Lipinski definition) is 0. The summed E-state index contributed by atoms with van der Waals surface area (Å²) in [5.74, 6) is 0. The van der Waals surface area contributed by atoms with Gasteiger partial charge in [-0.3, -0.25) is 0 Å². The van der Waals surface area contributed by atoms with Crippen LogP contribution in [0.15, 0.2) is 72.8 Å². The third-order valence-corrected chi connectivity index (χ3v) is 6.82. The Hall–Kier alpha value is -0.906. The Bertz CT molecular complexity index is 797. The summed E-state index contributed by atoms with van der Waals surface area (Å²) in [6.07, 6.45) is 0. The maximum Gasteiger partial charge on any atom is 4.00 e. The van der Waals surface area contributed by atoms with Crippen LogP contribution in [-0.2, 0) is 21.7 Å². The van der Waals surface area contributed by atoms with Gasteiger partial charge in [-0.15, -0.1) is 96.5 Å². The number of benzene rings is 2. The molecule has 0 nitrogen and oxygen atoms in total. The monoisotopic (exact) mass is 436 g/mol. The molecule has 4 aromatic carbocycles. The maximum atomic E-state index is 2.31. The first kappa shape index (κ1) is 26.1. The first-order valence-corrected chi connectivity index (χ1v) is 12.7. The molecule has 0 amide bonds. The minimum atomic E-state index is 0. The maximum absolute atomic E-state index is 2.31.